The Balaban J connectivity index is 2.12. The molecular formula is C22H29N3O5. The molecule has 0 radical (unpaired) electrons. The fraction of sp³-hybridized carbons (Fsp3) is 0.545. The minimum atomic E-state index is -1.28. The number of carbonyl (C=O) groups is 4. The molecule has 0 aromatic heterocycles. The summed E-state index contributed by atoms with van der Waals surface area (Å²) in [6.45, 7) is 4.30. The smallest absolute Gasteiger partial charge is 0.333 e. The number of carbonyl (C=O) groups excluding carboxylic acids is 3. The number of nitrogens with zero attached hydrogens (tertiary/aromatic N) is 3. The highest BCUT2D eigenvalue weighted by Crippen LogP contribution is 2.38. The molecule has 162 valence electrons. The second-order valence-electron chi connectivity index (χ2n) is 8.95. The second kappa shape index (κ2) is 8.45. The SMILES string of the molecule is CC(C)(C)C(=O)CN1C(=O)N(CC(=O)O)C(=O)N(C2CCCCC2)c2ccccc21. The number of hydrogen-bond donors (Lipinski definition) is 1. The van der Waals surface area contributed by atoms with Gasteiger partial charge in [0.2, 0.25) is 0 Å². The van der Waals surface area contributed by atoms with Crippen LogP contribution >= 0.6 is 0 Å². The predicted molar refractivity (Wildman–Crippen MR) is 113 cm³/mol. The van der Waals surface area contributed by atoms with E-state index in [9.17, 15) is 24.3 Å². The summed E-state index contributed by atoms with van der Waals surface area (Å²) < 4.78 is 0. The number of aliphatic carboxylic acids is 1. The van der Waals surface area contributed by atoms with Crippen molar-refractivity contribution in [1.82, 2.24) is 4.90 Å². The van der Waals surface area contributed by atoms with E-state index in [-0.39, 0.29) is 18.4 Å². The van der Waals surface area contributed by atoms with Crippen molar-refractivity contribution < 1.29 is 24.3 Å². The summed E-state index contributed by atoms with van der Waals surface area (Å²) in [5.41, 5.74) is 0.302. The molecule has 30 heavy (non-hydrogen) atoms. The molecule has 1 N–H and O–H groups in total. The first-order chi connectivity index (χ1) is 14.1. The van der Waals surface area contributed by atoms with E-state index in [1.54, 1.807) is 49.9 Å². The molecule has 1 aromatic carbocycles. The van der Waals surface area contributed by atoms with Crippen LogP contribution in [0.25, 0.3) is 0 Å². The van der Waals surface area contributed by atoms with Gasteiger partial charge in [-0.1, -0.05) is 52.2 Å². The largest absolute Gasteiger partial charge is 0.480 e. The van der Waals surface area contributed by atoms with E-state index in [0.29, 0.717) is 11.4 Å². The number of urea groups is 2. The van der Waals surface area contributed by atoms with Gasteiger partial charge in [0, 0.05) is 11.5 Å². The zero-order chi connectivity index (χ0) is 22.1. The van der Waals surface area contributed by atoms with Crippen LogP contribution < -0.4 is 9.80 Å². The molecule has 0 bridgehead atoms. The van der Waals surface area contributed by atoms with Crippen LogP contribution in [0.15, 0.2) is 24.3 Å². The molecule has 1 aliphatic heterocycles. The summed E-state index contributed by atoms with van der Waals surface area (Å²) in [5, 5.41) is 9.35. The van der Waals surface area contributed by atoms with Gasteiger partial charge >= 0.3 is 18.0 Å². The fourth-order valence-electron chi connectivity index (χ4n) is 3.96. The van der Waals surface area contributed by atoms with Gasteiger partial charge < -0.3 is 5.11 Å². The monoisotopic (exact) mass is 415 g/mol. The molecule has 0 atom stereocenters. The molecule has 2 aliphatic rings. The molecule has 4 amide bonds. The first kappa shape index (κ1) is 21.8. The van der Waals surface area contributed by atoms with Crippen molar-refractivity contribution >= 4 is 35.2 Å². The number of amides is 4. The maximum atomic E-state index is 13.4. The van der Waals surface area contributed by atoms with Crippen LogP contribution in [-0.2, 0) is 9.59 Å². The number of carboxylic acids is 1. The molecular weight excluding hydrogens is 386 g/mol. The van der Waals surface area contributed by atoms with Crippen molar-refractivity contribution in [2.45, 2.75) is 58.9 Å². The highest BCUT2D eigenvalue weighted by atomic mass is 16.4. The Morgan fingerprint density at radius 3 is 2.10 bits per heavy atom. The third kappa shape index (κ3) is 4.32. The van der Waals surface area contributed by atoms with Crippen LogP contribution in [0.5, 0.6) is 0 Å². The van der Waals surface area contributed by atoms with Crippen molar-refractivity contribution in [3.8, 4) is 0 Å². The molecule has 0 unspecified atom stereocenters. The number of hydrogen-bond acceptors (Lipinski definition) is 4. The van der Waals surface area contributed by atoms with Gasteiger partial charge in [-0.2, -0.15) is 0 Å². The third-order valence-electron chi connectivity index (χ3n) is 5.70. The molecule has 8 heteroatoms. The van der Waals surface area contributed by atoms with E-state index in [1.165, 1.54) is 4.90 Å². The van der Waals surface area contributed by atoms with E-state index in [1.807, 2.05) is 0 Å². The number of rotatable bonds is 5. The fourth-order valence-corrected chi connectivity index (χ4v) is 3.96. The molecule has 1 heterocycles. The number of anilines is 2. The van der Waals surface area contributed by atoms with Gasteiger partial charge in [0.05, 0.1) is 17.9 Å². The standard InChI is InChI=1S/C22H29N3O5/c1-22(2,3)18(26)13-23-16-11-7-8-12-17(16)25(15-9-5-4-6-10-15)21(30)24(20(23)29)14-19(27)28/h7-8,11-12,15H,4-6,9-10,13-14H2,1-3H3,(H,27,28). The van der Waals surface area contributed by atoms with Gasteiger partial charge in [-0.3, -0.25) is 19.4 Å². The molecule has 1 aromatic rings. The number of benzene rings is 1. The minimum Gasteiger partial charge on any atom is -0.480 e. The maximum absolute atomic E-state index is 13.4. The quantitative estimate of drug-likeness (QED) is 0.787. The van der Waals surface area contributed by atoms with Gasteiger partial charge in [0.25, 0.3) is 0 Å². The Morgan fingerprint density at radius 1 is 0.933 bits per heavy atom. The number of para-hydroxylation sites is 2. The molecule has 1 aliphatic carbocycles. The third-order valence-corrected chi connectivity index (χ3v) is 5.70. The van der Waals surface area contributed by atoms with Crippen LogP contribution in [0.2, 0.25) is 0 Å². The van der Waals surface area contributed by atoms with Crippen molar-refractivity contribution in [2.24, 2.45) is 5.41 Å². The predicted octanol–water partition coefficient (Wildman–Crippen LogP) is 3.89. The van der Waals surface area contributed by atoms with Gasteiger partial charge in [0.15, 0.2) is 5.78 Å². The van der Waals surface area contributed by atoms with Crippen LogP contribution in [0, 0.1) is 5.41 Å². The minimum absolute atomic E-state index is 0.116. The Kier molecular flexibility index (Phi) is 6.14. The van der Waals surface area contributed by atoms with E-state index in [2.05, 4.69) is 0 Å². The van der Waals surface area contributed by atoms with Crippen LogP contribution in [0.1, 0.15) is 52.9 Å². The highest BCUT2D eigenvalue weighted by molar-refractivity contribution is 6.15. The summed E-state index contributed by atoms with van der Waals surface area (Å²) in [4.78, 5) is 54.6. The van der Waals surface area contributed by atoms with Crippen LogP contribution in [0.3, 0.4) is 0 Å². The van der Waals surface area contributed by atoms with Gasteiger partial charge in [0.1, 0.15) is 6.54 Å². The highest BCUT2D eigenvalue weighted by Gasteiger charge is 2.42. The van der Waals surface area contributed by atoms with Crippen molar-refractivity contribution in [2.75, 3.05) is 22.9 Å². The first-order valence-electron chi connectivity index (χ1n) is 10.4. The van der Waals surface area contributed by atoms with Crippen LogP contribution in [0.4, 0.5) is 21.0 Å². The normalized spacial score (nSPS) is 18.3. The van der Waals surface area contributed by atoms with Crippen molar-refractivity contribution in [3.05, 3.63) is 24.3 Å². The number of Topliss-reactive ketones (excluding diaryl/α,β-unsaturated/α-hetero) is 1. The van der Waals surface area contributed by atoms with E-state index >= 15 is 0 Å². The van der Waals surface area contributed by atoms with Gasteiger partial charge in [-0.25, -0.2) is 14.5 Å². The average molecular weight is 415 g/mol. The van der Waals surface area contributed by atoms with Crippen molar-refractivity contribution in [3.63, 3.8) is 0 Å². The molecule has 0 saturated heterocycles. The number of imide groups is 1. The number of fused-ring (bicyclic) bond motifs is 1. The lowest BCUT2D eigenvalue weighted by Gasteiger charge is -2.35. The van der Waals surface area contributed by atoms with Gasteiger partial charge in [-0.15, -0.1) is 0 Å². The summed E-state index contributed by atoms with van der Waals surface area (Å²) in [5.74, 6) is -1.46. The van der Waals surface area contributed by atoms with Gasteiger partial charge in [-0.05, 0) is 25.0 Å². The zero-order valence-corrected chi connectivity index (χ0v) is 17.8. The van der Waals surface area contributed by atoms with E-state index in [0.717, 1.165) is 37.0 Å². The average Bonchev–Trinajstić information content (AvgIpc) is 2.77. The van der Waals surface area contributed by atoms with Crippen molar-refractivity contribution in [1.29, 1.82) is 0 Å². The first-order valence-corrected chi connectivity index (χ1v) is 10.4. The lowest BCUT2D eigenvalue weighted by molar-refractivity contribution is -0.137. The summed E-state index contributed by atoms with van der Waals surface area (Å²) in [6.07, 6.45) is 4.60. The molecule has 3 rings (SSSR count). The summed E-state index contributed by atoms with van der Waals surface area (Å²) in [7, 11) is 0. The Bertz CT molecular complexity index is 855. The lowest BCUT2D eigenvalue weighted by Crippen LogP contribution is -2.54. The second-order valence-corrected chi connectivity index (χ2v) is 8.95. The number of carboxylic acid groups (broad SMARTS) is 1. The summed E-state index contributed by atoms with van der Waals surface area (Å²) >= 11 is 0. The Hall–Kier alpha value is -2.90. The Labute approximate surface area is 176 Å². The van der Waals surface area contributed by atoms with E-state index in [4.69, 9.17) is 0 Å². The molecule has 8 nitrogen and oxygen atoms in total. The number of ketones is 1. The molecule has 1 fully saturated rings. The zero-order valence-electron chi connectivity index (χ0n) is 17.8. The van der Waals surface area contributed by atoms with E-state index < -0.39 is 30.0 Å². The topological polar surface area (TPSA) is 98.2 Å². The maximum Gasteiger partial charge on any atom is 0.333 e. The molecule has 1 saturated carbocycles. The lowest BCUT2D eigenvalue weighted by atomic mass is 9.90. The van der Waals surface area contributed by atoms with Crippen LogP contribution in [-0.4, -0.2) is 53.0 Å². The summed E-state index contributed by atoms with van der Waals surface area (Å²) in [6, 6.07) is 5.44. The molecule has 0 spiro atoms. The Morgan fingerprint density at radius 2 is 1.53 bits per heavy atom.